The largest absolute Gasteiger partial charge is 0.389 e. The lowest BCUT2D eigenvalue weighted by atomic mass is 9.89. The fourth-order valence-corrected chi connectivity index (χ4v) is 2.30. The average molecular weight is 228 g/mol. The number of nitrogens with two attached hydrogens (primary N) is 1. The molecule has 16 heavy (non-hydrogen) atoms. The highest BCUT2D eigenvalue weighted by Gasteiger charge is 2.29. The highest BCUT2D eigenvalue weighted by molar-refractivity contribution is 4.83. The van der Waals surface area contributed by atoms with Gasteiger partial charge in [-0.1, -0.05) is 13.8 Å². The van der Waals surface area contributed by atoms with E-state index in [1.807, 2.05) is 6.92 Å². The van der Waals surface area contributed by atoms with Crippen LogP contribution in [0.3, 0.4) is 0 Å². The van der Waals surface area contributed by atoms with Crippen LogP contribution in [-0.2, 0) is 0 Å². The Morgan fingerprint density at radius 2 is 1.94 bits per heavy atom. The van der Waals surface area contributed by atoms with Crippen LogP contribution in [-0.4, -0.2) is 41.8 Å². The van der Waals surface area contributed by atoms with Crippen LogP contribution >= 0.6 is 0 Å². The maximum atomic E-state index is 10.3. The predicted octanol–water partition coefficient (Wildman–Crippen LogP) is 1.45. The number of rotatable bonds is 5. The van der Waals surface area contributed by atoms with Crippen molar-refractivity contribution in [1.29, 1.82) is 0 Å². The topological polar surface area (TPSA) is 49.5 Å². The van der Waals surface area contributed by atoms with Gasteiger partial charge in [-0.15, -0.1) is 0 Å². The highest BCUT2D eigenvalue weighted by atomic mass is 16.3. The number of aliphatic hydroxyl groups is 1. The van der Waals surface area contributed by atoms with E-state index in [1.165, 1.54) is 12.8 Å². The predicted molar refractivity (Wildman–Crippen MR) is 68.3 cm³/mol. The first-order valence-electron chi connectivity index (χ1n) is 6.60. The van der Waals surface area contributed by atoms with Gasteiger partial charge in [0.15, 0.2) is 0 Å². The Kier molecular flexibility index (Phi) is 5.22. The third-order valence-electron chi connectivity index (χ3n) is 4.07. The molecule has 1 rings (SSSR count). The SMILES string of the molecule is CC(C)C(C)(O)CN1CCC(CCN)CC1. The Balaban J connectivity index is 2.32. The average Bonchev–Trinajstić information content (AvgIpc) is 2.21. The van der Waals surface area contributed by atoms with Gasteiger partial charge in [-0.05, 0) is 57.7 Å². The monoisotopic (exact) mass is 228 g/mol. The van der Waals surface area contributed by atoms with E-state index in [4.69, 9.17) is 5.73 Å². The second-order valence-corrected chi connectivity index (χ2v) is 5.81. The molecule has 96 valence electrons. The molecule has 1 aliphatic heterocycles. The molecular weight excluding hydrogens is 200 g/mol. The molecule has 0 amide bonds. The molecule has 1 atom stereocenters. The van der Waals surface area contributed by atoms with Crippen molar-refractivity contribution in [2.75, 3.05) is 26.2 Å². The van der Waals surface area contributed by atoms with Gasteiger partial charge < -0.3 is 15.7 Å². The number of hydrogen-bond acceptors (Lipinski definition) is 3. The zero-order chi connectivity index (χ0) is 12.2. The van der Waals surface area contributed by atoms with Crippen LogP contribution in [0.25, 0.3) is 0 Å². The van der Waals surface area contributed by atoms with Gasteiger partial charge >= 0.3 is 0 Å². The minimum atomic E-state index is -0.555. The van der Waals surface area contributed by atoms with Gasteiger partial charge in [0.2, 0.25) is 0 Å². The van der Waals surface area contributed by atoms with E-state index in [-0.39, 0.29) is 0 Å². The van der Waals surface area contributed by atoms with Gasteiger partial charge in [0.25, 0.3) is 0 Å². The van der Waals surface area contributed by atoms with Gasteiger partial charge in [0.05, 0.1) is 5.60 Å². The molecule has 1 aliphatic rings. The summed E-state index contributed by atoms with van der Waals surface area (Å²) in [6.07, 6.45) is 3.64. The van der Waals surface area contributed by atoms with Crippen molar-refractivity contribution in [3.8, 4) is 0 Å². The summed E-state index contributed by atoms with van der Waals surface area (Å²) in [7, 11) is 0. The van der Waals surface area contributed by atoms with Crippen LogP contribution < -0.4 is 5.73 Å². The molecule has 0 saturated carbocycles. The Bertz CT molecular complexity index is 196. The van der Waals surface area contributed by atoms with Crippen molar-refractivity contribution >= 4 is 0 Å². The second-order valence-electron chi connectivity index (χ2n) is 5.81. The number of nitrogens with zero attached hydrogens (tertiary/aromatic N) is 1. The van der Waals surface area contributed by atoms with E-state index in [1.54, 1.807) is 0 Å². The molecule has 1 heterocycles. The molecule has 0 aliphatic carbocycles. The van der Waals surface area contributed by atoms with E-state index >= 15 is 0 Å². The minimum Gasteiger partial charge on any atom is -0.389 e. The van der Waals surface area contributed by atoms with E-state index in [0.29, 0.717) is 5.92 Å². The summed E-state index contributed by atoms with van der Waals surface area (Å²) in [5.74, 6) is 1.12. The molecule has 1 unspecified atom stereocenters. The number of piperidine rings is 1. The van der Waals surface area contributed by atoms with Crippen LogP contribution in [0, 0.1) is 11.8 Å². The van der Waals surface area contributed by atoms with E-state index < -0.39 is 5.60 Å². The van der Waals surface area contributed by atoms with E-state index in [0.717, 1.165) is 38.5 Å². The summed E-state index contributed by atoms with van der Waals surface area (Å²) in [4.78, 5) is 2.40. The summed E-state index contributed by atoms with van der Waals surface area (Å²) in [6.45, 7) is 9.97. The molecule has 0 aromatic heterocycles. The normalized spacial score (nSPS) is 23.6. The number of hydrogen-bond donors (Lipinski definition) is 2. The molecule has 0 aromatic carbocycles. The Morgan fingerprint density at radius 1 is 1.38 bits per heavy atom. The number of β-amino-alcohol motifs (C(OH)–C–C–N with tert-alkyl or cyclic N) is 1. The van der Waals surface area contributed by atoms with Crippen LogP contribution in [0.2, 0.25) is 0 Å². The lowest BCUT2D eigenvalue weighted by Gasteiger charge is -2.38. The van der Waals surface area contributed by atoms with Crippen LogP contribution in [0.1, 0.15) is 40.0 Å². The van der Waals surface area contributed by atoms with Gasteiger partial charge in [0, 0.05) is 6.54 Å². The van der Waals surface area contributed by atoms with Crippen molar-refractivity contribution in [2.24, 2.45) is 17.6 Å². The zero-order valence-electron chi connectivity index (χ0n) is 11.1. The van der Waals surface area contributed by atoms with Crippen LogP contribution in [0.15, 0.2) is 0 Å². The van der Waals surface area contributed by atoms with Gasteiger partial charge in [0.1, 0.15) is 0 Å². The second kappa shape index (κ2) is 5.99. The lowest BCUT2D eigenvalue weighted by Crippen LogP contribution is -2.47. The van der Waals surface area contributed by atoms with E-state index in [2.05, 4.69) is 18.7 Å². The molecule has 3 heteroatoms. The summed E-state index contributed by atoms with van der Waals surface area (Å²) >= 11 is 0. The standard InChI is InChI=1S/C13H28N2O/c1-11(2)13(3,16)10-15-8-5-12(4-7-14)6-9-15/h11-12,16H,4-10,14H2,1-3H3. The Hall–Kier alpha value is -0.120. The van der Waals surface area contributed by atoms with Crippen LogP contribution in [0.5, 0.6) is 0 Å². The number of likely N-dealkylation sites (tertiary alicyclic amines) is 1. The quantitative estimate of drug-likeness (QED) is 0.749. The first-order chi connectivity index (χ1) is 7.45. The maximum absolute atomic E-state index is 10.3. The molecule has 1 fully saturated rings. The molecular formula is C13H28N2O. The van der Waals surface area contributed by atoms with Crippen molar-refractivity contribution < 1.29 is 5.11 Å². The summed E-state index contributed by atoms with van der Waals surface area (Å²) in [5.41, 5.74) is 5.03. The first kappa shape index (κ1) is 13.9. The molecule has 3 N–H and O–H groups in total. The fraction of sp³-hybridized carbons (Fsp3) is 1.00. The van der Waals surface area contributed by atoms with Gasteiger partial charge in [-0.25, -0.2) is 0 Å². The van der Waals surface area contributed by atoms with Crippen molar-refractivity contribution in [3.63, 3.8) is 0 Å². The van der Waals surface area contributed by atoms with Gasteiger partial charge in [-0.3, -0.25) is 0 Å². The van der Waals surface area contributed by atoms with Crippen molar-refractivity contribution in [2.45, 2.75) is 45.6 Å². The summed E-state index contributed by atoms with van der Waals surface area (Å²) < 4.78 is 0. The third kappa shape index (κ3) is 4.04. The van der Waals surface area contributed by atoms with E-state index in [9.17, 15) is 5.11 Å². The molecule has 0 radical (unpaired) electrons. The highest BCUT2D eigenvalue weighted by Crippen LogP contribution is 2.23. The van der Waals surface area contributed by atoms with Crippen LogP contribution in [0.4, 0.5) is 0 Å². The minimum absolute atomic E-state index is 0.314. The fourth-order valence-electron chi connectivity index (χ4n) is 2.30. The van der Waals surface area contributed by atoms with Crippen molar-refractivity contribution in [3.05, 3.63) is 0 Å². The molecule has 0 spiro atoms. The Labute approximate surface area is 100 Å². The van der Waals surface area contributed by atoms with Crippen molar-refractivity contribution in [1.82, 2.24) is 4.90 Å². The third-order valence-corrected chi connectivity index (χ3v) is 4.07. The summed E-state index contributed by atoms with van der Waals surface area (Å²) in [6, 6.07) is 0. The lowest BCUT2D eigenvalue weighted by molar-refractivity contribution is -0.0259. The first-order valence-corrected chi connectivity index (χ1v) is 6.60. The molecule has 1 saturated heterocycles. The van der Waals surface area contributed by atoms with Gasteiger partial charge in [-0.2, -0.15) is 0 Å². The maximum Gasteiger partial charge on any atom is 0.0768 e. The molecule has 0 aromatic rings. The smallest absolute Gasteiger partial charge is 0.0768 e. The molecule has 3 nitrogen and oxygen atoms in total. The summed E-state index contributed by atoms with van der Waals surface area (Å²) in [5, 5.41) is 10.3. The Morgan fingerprint density at radius 3 is 2.38 bits per heavy atom. The molecule has 0 bridgehead atoms. The zero-order valence-corrected chi connectivity index (χ0v) is 11.1.